The fourth-order valence-electron chi connectivity index (χ4n) is 2.57. The predicted octanol–water partition coefficient (Wildman–Crippen LogP) is 2.99. The number of carbonyl (C=O) groups is 2. The number of rotatable bonds is 5. The van der Waals surface area contributed by atoms with Crippen LogP contribution in [0.5, 0.6) is 5.75 Å². The van der Waals surface area contributed by atoms with Gasteiger partial charge in [0.2, 0.25) is 5.91 Å². The second-order valence-electron chi connectivity index (χ2n) is 5.40. The molecule has 0 fully saturated rings. The summed E-state index contributed by atoms with van der Waals surface area (Å²) in [5.41, 5.74) is 1.18. The zero-order valence-corrected chi connectivity index (χ0v) is 14.6. The Bertz CT molecular complexity index is 746. The third kappa shape index (κ3) is 3.76. The average molecular weight is 389 g/mol. The number of anilines is 1. The van der Waals surface area contributed by atoms with E-state index in [0.717, 1.165) is 10.2 Å². The highest BCUT2D eigenvalue weighted by molar-refractivity contribution is 9.10. The van der Waals surface area contributed by atoms with Crippen LogP contribution in [0.1, 0.15) is 16.8 Å². The molecule has 2 aromatic carbocycles. The Morgan fingerprint density at radius 2 is 1.83 bits per heavy atom. The summed E-state index contributed by atoms with van der Waals surface area (Å²) in [5.74, 6) is 0.460. The van der Waals surface area contributed by atoms with Gasteiger partial charge in [0.05, 0.1) is 24.4 Å². The van der Waals surface area contributed by atoms with E-state index in [1.54, 1.807) is 23.1 Å². The minimum atomic E-state index is -0.215. The highest BCUT2D eigenvalue weighted by atomic mass is 79.9. The van der Waals surface area contributed by atoms with Crippen molar-refractivity contribution in [3.05, 3.63) is 58.6 Å². The number of amides is 2. The molecule has 0 aromatic heterocycles. The molecule has 3 rings (SSSR count). The molecular formula is C18H17BrN2O3. The third-order valence-corrected chi connectivity index (χ3v) is 4.28. The highest BCUT2D eigenvalue weighted by Gasteiger charge is 2.25. The van der Waals surface area contributed by atoms with Crippen LogP contribution in [0.2, 0.25) is 0 Å². The van der Waals surface area contributed by atoms with Gasteiger partial charge in [0, 0.05) is 11.0 Å². The van der Waals surface area contributed by atoms with Gasteiger partial charge in [-0.3, -0.25) is 9.59 Å². The van der Waals surface area contributed by atoms with Gasteiger partial charge in [0.15, 0.2) is 0 Å². The molecule has 6 heteroatoms. The number of hydrogen-bond donors (Lipinski definition) is 1. The fraction of sp³-hybridized carbons (Fsp3) is 0.222. The molecule has 0 unspecified atom stereocenters. The van der Waals surface area contributed by atoms with Gasteiger partial charge in [-0.1, -0.05) is 28.1 Å². The van der Waals surface area contributed by atoms with Crippen LogP contribution in [0.3, 0.4) is 0 Å². The Kier molecular flexibility index (Phi) is 5.15. The van der Waals surface area contributed by atoms with E-state index in [0.29, 0.717) is 30.8 Å². The SMILES string of the molecule is O=C1NCC(=O)N(CCCOc2ccc(Br)cc2)c2ccccc21. The molecular weight excluding hydrogens is 372 g/mol. The average Bonchev–Trinajstić information content (AvgIpc) is 2.72. The summed E-state index contributed by atoms with van der Waals surface area (Å²) in [6.07, 6.45) is 0.671. The lowest BCUT2D eigenvalue weighted by Crippen LogP contribution is -2.37. The number of ether oxygens (including phenoxy) is 1. The Balaban J connectivity index is 1.63. The van der Waals surface area contributed by atoms with E-state index in [2.05, 4.69) is 21.2 Å². The first-order valence-corrected chi connectivity index (χ1v) is 8.50. The molecule has 24 heavy (non-hydrogen) atoms. The second-order valence-corrected chi connectivity index (χ2v) is 6.32. The van der Waals surface area contributed by atoms with Gasteiger partial charge in [-0.2, -0.15) is 0 Å². The number of hydrogen-bond acceptors (Lipinski definition) is 3. The van der Waals surface area contributed by atoms with Crippen molar-refractivity contribution in [3.8, 4) is 5.75 Å². The summed E-state index contributed by atoms with van der Waals surface area (Å²) < 4.78 is 6.69. The summed E-state index contributed by atoms with van der Waals surface area (Å²) >= 11 is 3.38. The van der Waals surface area contributed by atoms with Gasteiger partial charge in [-0.05, 0) is 42.8 Å². The van der Waals surface area contributed by atoms with Crippen LogP contribution in [-0.4, -0.2) is 31.5 Å². The number of benzene rings is 2. The molecule has 0 atom stereocenters. The minimum Gasteiger partial charge on any atom is -0.494 e. The zero-order chi connectivity index (χ0) is 16.9. The molecule has 0 bridgehead atoms. The molecule has 2 aromatic rings. The summed E-state index contributed by atoms with van der Waals surface area (Å²) in [5, 5.41) is 2.64. The van der Waals surface area contributed by atoms with E-state index in [-0.39, 0.29) is 18.4 Å². The molecule has 1 aliphatic heterocycles. The molecule has 124 valence electrons. The zero-order valence-electron chi connectivity index (χ0n) is 13.0. The van der Waals surface area contributed by atoms with Crippen LogP contribution in [0.4, 0.5) is 5.69 Å². The third-order valence-electron chi connectivity index (χ3n) is 3.75. The number of fused-ring (bicyclic) bond motifs is 1. The molecule has 0 aliphatic carbocycles. The lowest BCUT2D eigenvalue weighted by atomic mass is 10.1. The summed E-state index contributed by atoms with van der Waals surface area (Å²) in [6, 6.07) is 14.8. The Labute approximate surface area is 148 Å². The minimum absolute atomic E-state index is 0.0150. The topological polar surface area (TPSA) is 58.6 Å². The number of para-hydroxylation sites is 1. The smallest absolute Gasteiger partial charge is 0.253 e. The Morgan fingerprint density at radius 3 is 2.62 bits per heavy atom. The Morgan fingerprint density at radius 1 is 1.08 bits per heavy atom. The maximum absolute atomic E-state index is 12.3. The van der Waals surface area contributed by atoms with Crippen molar-refractivity contribution in [2.75, 3.05) is 24.6 Å². The first kappa shape index (κ1) is 16.5. The molecule has 0 saturated carbocycles. The van der Waals surface area contributed by atoms with E-state index < -0.39 is 0 Å². The first-order valence-electron chi connectivity index (χ1n) is 7.71. The molecule has 5 nitrogen and oxygen atoms in total. The van der Waals surface area contributed by atoms with E-state index >= 15 is 0 Å². The standard InChI is InChI=1S/C18H17BrN2O3/c19-13-6-8-14(9-7-13)24-11-3-10-21-16-5-2-1-4-15(16)18(23)20-12-17(21)22/h1-2,4-9H,3,10-12H2,(H,20,23). The van der Waals surface area contributed by atoms with E-state index in [4.69, 9.17) is 4.74 Å². The van der Waals surface area contributed by atoms with Crippen LogP contribution < -0.4 is 15.0 Å². The maximum atomic E-state index is 12.3. The first-order chi connectivity index (χ1) is 11.6. The predicted molar refractivity (Wildman–Crippen MR) is 95.4 cm³/mol. The molecule has 1 aliphatic rings. The normalized spacial score (nSPS) is 14.0. The van der Waals surface area contributed by atoms with Crippen LogP contribution in [0, 0.1) is 0 Å². The molecule has 0 radical (unpaired) electrons. The molecule has 0 saturated heterocycles. The lowest BCUT2D eigenvalue weighted by molar-refractivity contribution is -0.117. The van der Waals surface area contributed by atoms with Gasteiger partial charge >= 0.3 is 0 Å². The lowest BCUT2D eigenvalue weighted by Gasteiger charge is -2.22. The number of nitrogens with one attached hydrogen (secondary N) is 1. The number of carbonyl (C=O) groups excluding carboxylic acids is 2. The van der Waals surface area contributed by atoms with Gasteiger partial charge in [0.1, 0.15) is 5.75 Å². The molecule has 0 spiro atoms. The monoisotopic (exact) mass is 388 g/mol. The molecule has 1 heterocycles. The van der Waals surface area contributed by atoms with Crippen molar-refractivity contribution < 1.29 is 14.3 Å². The van der Waals surface area contributed by atoms with Crippen LogP contribution in [0.25, 0.3) is 0 Å². The van der Waals surface area contributed by atoms with E-state index in [9.17, 15) is 9.59 Å². The number of nitrogens with zero attached hydrogens (tertiary/aromatic N) is 1. The van der Waals surface area contributed by atoms with Crippen LogP contribution in [0.15, 0.2) is 53.0 Å². The second kappa shape index (κ2) is 7.49. The van der Waals surface area contributed by atoms with E-state index in [1.165, 1.54) is 0 Å². The van der Waals surface area contributed by atoms with Crippen molar-refractivity contribution in [1.82, 2.24) is 5.32 Å². The largest absolute Gasteiger partial charge is 0.494 e. The van der Waals surface area contributed by atoms with Crippen molar-refractivity contribution in [1.29, 1.82) is 0 Å². The summed E-state index contributed by atoms with van der Waals surface area (Å²) in [7, 11) is 0. The van der Waals surface area contributed by atoms with Crippen molar-refractivity contribution in [2.24, 2.45) is 0 Å². The summed E-state index contributed by atoms with van der Waals surface area (Å²) in [4.78, 5) is 26.0. The molecule has 2 amide bonds. The number of halogens is 1. The van der Waals surface area contributed by atoms with Crippen LogP contribution in [-0.2, 0) is 4.79 Å². The maximum Gasteiger partial charge on any atom is 0.253 e. The van der Waals surface area contributed by atoms with Crippen molar-refractivity contribution >= 4 is 33.4 Å². The van der Waals surface area contributed by atoms with Crippen molar-refractivity contribution in [3.63, 3.8) is 0 Å². The van der Waals surface area contributed by atoms with Gasteiger partial charge in [-0.25, -0.2) is 0 Å². The van der Waals surface area contributed by atoms with Gasteiger partial charge in [-0.15, -0.1) is 0 Å². The molecule has 1 N–H and O–H groups in total. The van der Waals surface area contributed by atoms with Gasteiger partial charge in [0.25, 0.3) is 5.91 Å². The fourth-order valence-corrected chi connectivity index (χ4v) is 2.83. The van der Waals surface area contributed by atoms with Crippen molar-refractivity contribution in [2.45, 2.75) is 6.42 Å². The summed E-state index contributed by atoms with van der Waals surface area (Å²) in [6.45, 7) is 1.01. The Hall–Kier alpha value is -2.34. The van der Waals surface area contributed by atoms with E-state index in [1.807, 2.05) is 30.3 Å². The van der Waals surface area contributed by atoms with Crippen LogP contribution >= 0.6 is 15.9 Å². The quantitative estimate of drug-likeness (QED) is 0.800. The van der Waals surface area contributed by atoms with Gasteiger partial charge < -0.3 is 15.0 Å². The highest BCUT2D eigenvalue weighted by Crippen LogP contribution is 2.23.